The van der Waals surface area contributed by atoms with Gasteiger partial charge in [-0.15, -0.1) is 9.36 Å². The molecule has 1 heterocycles. The number of benzene rings is 1. The molecule has 0 atom stereocenters. The molecule has 2 rings (SSSR count). The molecule has 0 aliphatic heterocycles. The van der Waals surface area contributed by atoms with E-state index < -0.39 is 0 Å². The van der Waals surface area contributed by atoms with Crippen LogP contribution in [0.2, 0.25) is 0 Å². The van der Waals surface area contributed by atoms with Crippen LogP contribution in [0.15, 0.2) is 24.3 Å². The van der Waals surface area contributed by atoms with E-state index in [0.717, 1.165) is 11.4 Å². The van der Waals surface area contributed by atoms with Gasteiger partial charge in [-0.3, -0.25) is 10.6 Å². The molecule has 0 saturated heterocycles. The normalized spacial score (nSPS) is 10.1. The number of carbonyl (C=O) groups excluding carboxylic acids is 1. The molecule has 2 aromatic rings. The van der Waals surface area contributed by atoms with Crippen LogP contribution in [-0.2, 0) is 6.54 Å². The number of nitrogen functional groups attached to an aromatic ring is 1. The van der Waals surface area contributed by atoms with Gasteiger partial charge < -0.3 is 17.0 Å². The number of rotatable bonds is 3. The van der Waals surface area contributed by atoms with Gasteiger partial charge in [-0.2, -0.15) is 0 Å². The van der Waals surface area contributed by atoms with Crippen molar-refractivity contribution < 1.29 is 26.5 Å². The summed E-state index contributed by atoms with van der Waals surface area (Å²) in [6.07, 6.45) is 0. The Morgan fingerprint density at radius 2 is 1.84 bits per heavy atom. The lowest BCUT2D eigenvalue weighted by Crippen LogP contribution is -3.00. The first-order chi connectivity index (χ1) is 8.49. The summed E-state index contributed by atoms with van der Waals surface area (Å²) >= 11 is 0. The van der Waals surface area contributed by atoms with Crippen molar-refractivity contribution >= 4 is 5.78 Å². The van der Waals surface area contributed by atoms with Crippen molar-refractivity contribution in [3.8, 4) is 0 Å². The molecule has 2 N–H and O–H groups in total. The molecule has 19 heavy (non-hydrogen) atoms. The Kier molecular flexibility index (Phi) is 4.83. The van der Waals surface area contributed by atoms with Crippen molar-refractivity contribution in [3.63, 3.8) is 0 Å². The van der Waals surface area contributed by atoms with Crippen LogP contribution in [-0.4, -0.2) is 15.6 Å². The van der Waals surface area contributed by atoms with Crippen LogP contribution in [0.3, 0.4) is 0 Å². The number of nitrogens with zero attached hydrogens (tertiary/aromatic N) is 3. The van der Waals surface area contributed by atoms with E-state index in [1.807, 2.05) is 38.1 Å². The fourth-order valence-corrected chi connectivity index (χ4v) is 1.77. The molecule has 1 aromatic carbocycles. The lowest BCUT2D eigenvalue weighted by atomic mass is 10.1. The standard InChI is InChI=1S/C13H17N4O.BrH/c1-9-4-6-12(7-5-9)13(18)8-16-11(3)17(14)10(2)15-16;/h4-7H,8,14H2,1-3H3;1H/q+1;/p-1. The molecule has 0 unspecified atom stereocenters. The number of hydrogen-bond acceptors (Lipinski definition) is 3. The topological polar surface area (TPSA) is 64.8 Å². The molecular formula is C13H17BrN4O. The van der Waals surface area contributed by atoms with Gasteiger partial charge in [-0.25, -0.2) is 0 Å². The second-order valence-corrected chi connectivity index (χ2v) is 4.41. The Balaban J connectivity index is 0.00000180. The van der Waals surface area contributed by atoms with Crippen LogP contribution in [0, 0.1) is 20.8 Å². The maximum Gasteiger partial charge on any atom is 0.295 e. The number of aryl methyl sites for hydroxylation is 2. The van der Waals surface area contributed by atoms with Crippen LogP contribution < -0.4 is 27.5 Å². The van der Waals surface area contributed by atoms with E-state index in [-0.39, 0.29) is 29.3 Å². The molecule has 0 fully saturated rings. The molecule has 0 saturated carbocycles. The average molecular weight is 325 g/mol. The lowest BCUT2D eigenvalue weighted by Gasteiger charge is -1.99. The number of nitrogens with two attached hydrogens (primary N) is 1. The molecule has 0 aliphatic rings. The zero-order valence-electron chi connectivity index (χ0n) is 11.2. The smallest absolute Gasteiger partial charge is 0.295 e. The third kappa shape index (κ3) is 3.20. The number of Topliss-reactive ketones (excluding diaryl/α,β-unsaturated/α-hetero) is 1. The average Bonchev–Trinajstić information content (AvgIpc) is 2.58. The third-order valence-electron chi connectivity index (χ3n) is 3.00. The second-order valence-electron chi connectivity index (χ2n) is 4.41. The van der Waals surface area contributed by atoms with E-state index in [1.54, 1.807) is 11.6 Å². The Morgan fingerprint density at radius 3 is 2.32 bits per heavy atom. The van der Waals surface area contributed by atoms with Gasteiger partial charge in [0.25, 0.3) is 11.6 Å². The Labute approximate surface area is 122 Å². The summed E-state index contributed by atoms with van der Waals surface area (Å²) < 4.78 is 3.10. The Hall–Kier alpha value is -1.69. The minimum absolute atomic E-state index is 0. The SMILES string of the molecule is Cc1ccc(C(=O)Cn2nc(C)[n+](N)c2C)cc1.[Br-]. The molecule has 0 radical (unpaired) electrons. The van der Waals surface area contributed by atoms with Gasteiger partial charge in [-0.05, 0) is 6.92 Å². The predicted octanol–water partition coefficient (Wildman–Crippen LogP) is -2.30. The number of aromatic nitrogens is 3. The van der Waals surface area contributed by atoms with E-state index in [0.29, 0.717) is 11.4 Å². The van der Waals surface area contributed by atoms with Crippen LogP contribution in [0.4, 0.5) is 0 Å². The van der Waals surface area contributed by atoms with Crippen LogP contribution in [0.5, 0.6) is 0 Å². The molecular weight excluding hydrogens is 308 g/mol. The highest BCUT2D eigenvalue weighted by atomic mass is 79.9. The van der Waals surface area contributed by atoms with Gasteiger partial charge in [-0.1, -0.05) is 29.8 Å². The first-order valence-electron chi connectivity index (χ1n) is 5.80. The van der Waals surface area contributed by atoms with Crippen molar-refractivity contribution in [2.45, 2.75) is 27.3 Å². The van der Waals surface area contributed by atoms with Gasteiger partial charge >= 0.3 is 0 Å². The molecule has 102 valence electrons. The highest BCUT2D eigenvalue weighted by Gasteiger charge is 2.20. The number of carbonyl (C=O) groups is 1. The van der Waals surface area contributed by atoms with Crippen LogP contribution >= 0.6 is 0 Å². The molecule has 6 heteroatoms. The van der Waals surface area contributed by atoms with Gasteiger partial charge in [0.15, 0.2) is 12.3 Å². The highest BCUT2D eigenvalue weighted by Crippen LogP contribution is 2.05. The van der Waals surface area contributed by atoms with Crippen LogP contribution in [0.25, 0.3) is 0 Å². The van der Waals surface area contributed by atoms with E-state index >= 15 is 0 Å². The molecule has 0 amide bonds. The van der Waals surface area contributed by atoms with Gasteiger partial charge in [0.2, 0.25) is 0 Å². The van der Waals surface area contributed by atoms with E-state index in [9.17, 15) is 4.79 Å². The zero-order chi connectivity index (χ0) is 13.3. The van der Waals surface area contributed by atoms with Crippen molar-refractivity contribution in [1.82, 2.24) is 9.78 Å². The monoisotopic (exact) mass is 324 g/mol. The van der Waals surface area contributed by atoms with Crippen molar-refractivity contribution in [2.75, 3.05) is 5.84 Å². The molecule has 1 aromatic heterocycles. The number of ketones is 1. The second kappa shape index (κ2) is 5.97. The number of hydrogen-bond donors (Lipinski definition) is 1. The summed E-state index contributed by atoms with van der Waals surface area (Å²) in [6, 6.07) is 7.52. The van der Waals surface area contributed by atoms with E-state index in [2.05, 4.69) is 5.10 Å². The fourth-order valence-electron chi connectivity index (χ4n) is 1.77. The third-order valence-corrected chi connectivity index (χ3v) is 3.00. The summed E-state index contributed by atoms with van der Waals surface area (Å²) in [5, 5.41) is 4.23. The van der Waals surface area contributed by atoms with Crippen molar-refractivity contribution in [1.29, 1.82) is 0 Å². The van der Waals surface area contributed by atoms with Gasteiger partial charge in [0.05, 0.1) is 0 Å². The minimum Gasteiger partial charge on any atom is -1.00 e. The number of halogens is 1. The van der Waals surface area contributed by atoms with Gasteiger partial charge in [0, 0.05) is 24.5 Å². The minimum atomic E-state index is 0. The predicted molar refractivity (Wildman–Crippen MR) is 67.6 cm³/mol. The zero-order valence-corrected chi connectivity index (χ0v) is 12.8. The largest absolute Gasteiger partial charge is 1.00 e. The van der Waals surface area contributed by atoms with E-state index in [1.165, 1.54) is 4.68 Å². The van der Waals surface area contributed by atoms with Crippen LogP contribution in [0.1, 0.15) is 27.6 Å². The summed E-state index contributed by atoms with van der Waals surface area (Å²) in [7, 11) is 0. The summed E-state index contributed by atoms with van der Waals surface area (Å²) in [5.74, 6) is 7.23. The molecule has 0 bridgehead atoms. The summed E-state index contributed by atoms with van der Waals surface area (Å²) in [4.78, 5) is 12.1. The van der Waals surface area contributed by atoms with Crippen molar-refractivity contribution in [3.05, 3.63) is 47.0 Å². The van der Waals surface area contributed by atoms with Gasteiger partial charge in [0.1, 0.15) is 0 Å². The lowest BCUT2D eigenvalue weighted by molar-refractivity contribution is -0.652. The molecule has 0 spiro atoms. The maximum atomic E-state index is 12.1. The highest BCUT2D eigenvalue weighted by molar-refractivity contribution is 5.95. The molecule has 0 aliphatic carbocycles. The first-order valence-corrected chi connectivity index (χ1v) is 5.80. The van der Waals surface area contributed by atoms with E-state index in [4.69, 9.17) is 5.84 Å². The Morgan fingerprint density at radius 1 is 1.26 bits per heavy atom. The first kappa shape index (κ1) is 15.4. The maximum absolute atomic E-state index is 12.1. The molecule has 5 nitrogen and oxygen atoms in total. The summed E-state index contributed by atoms with van der Waals surface area (Å²) in [6.45, 7) is 5.84. The fraction of sp³-hybridized carbons (Fsp3) is 0.308. The Bertz CT molecular complexity index is 589. The van der Waals surface area contributed by atoms with Crippen molar-refractivity contribution in [2.24, 2.45) is 0 Å². The summed E-state index contributed by atoms with van der Waals surface area (Å²) in [5.41, 5.74) is 1.83. The quantitative estimate of drug-likeness (QED) is 0.392.